The molecule has 3 amide bonds. The van der Waals surface area contributed by atoms with Crippen LogP contribution in [0.15, 0.2) is 12.3 Å². The van der Waals surface area contributed by atoms with Crippen molar-refractivity contribution in [1.82, 2.24) is 24.8 Å². The Bertz CT molecular complexity index is 800. The number of nitrogens with one attached hydrogen (secondary N) is 1. The molecule has 1 saturated heterocycles. The highest BCUT2D eigenvalue weighted by Gasteiger charge is 2.29. The Hall–Kier alpha value is -2.42. The molecule has 1 N–H and O–H groups in total. The van der Waals surface area contributed by atoms with Crippen molar-refractivity contribution in [3.63, 3.8) is 0 Å². The van der Waals surface area contributed by atoms with Crippen molar-refractivity contribution in [3.8, 4) is 0 Å². The molecule has 0 radical (unpaired) electrons. The summed E-state index contributed by atoms with van der Waals surface area (Å²) in [6, 6.07) is 1.88. The van der Waals surface area contributed by atoms with Gasteiger partial charge in [-0.15, -0.1) is 0 Å². The topological polar surface area (TPSA) is 96.7 Å². The maximum atomic E-state index is 12.3. The number of nitrogens with zero attached hydrogens (tertiary/aromatic N) is 4. The van der Waals surface area contributed by atoms with Gasteiger partial charge in [0.2, 0.25) is 5.91 Å². The predicted molar refractivity (Wildman–Crippen MR) is 84.4 cm³/mol. The third kappa shape index (κ3) is 2.91. The molecule has 1 aliphatic heterocycles. The largest absolute Gasteiger partial charge is 0.350 e. The molecule has 1 aliphatic rings. The van der Waals surface area contributed by atoms with Crippen LogP contribution in [-0.2, 0) is 4.79 Å². The Kier molecular flexibility index (Phi) is 4.03. The summed E-state index contributed by atoms with van der Waals surface area (Å²) in [5.41, 5.74) is 2.54. The lowest BCUT2D eigenvalue weighted by molar-refractivity contribution is -0.124. The van der Waals surface area contributed by atoms with E-state index in [2.05, 4.69) is 15.4 Å². The predicted octanol–water partition coefficient (Wildman–Crippen LogP) is 0.771. The highest BCUT2D eigenvalue weighted by atomic mass is 32.2. The summed E-state index contributed by atoms with van der Waals surface area (Å²) in [6.45, 7) is 4.10. The minimum absolute atomic E-state index is 0.168. The molecule has 0 spiro atoms. The zero-order chi connectivity index (χ0) is 16.6. The summed E-state index contributed by atoms with van der Waals surface area (Å²) in [4.78, 5) is 40.7. The van der Waals surface area contributed by atoms with Crippen LogP contribution in [0.2, 0.25) is 0 Å². The van der Waals surface area contributed by atoms with E-state index in [1.54, 1.807) is 4.52 Å². The van der Waals surface area contributed by atoms with Gasteiger partial charge in [-0.1, -0.05) is 11.8 Å². The van der Waals surface area contributed by atoms with Gasteiger partial charge in [-0.3, -0.25) is 19.3 Å². The third-order valence-corrected chi connectivity index (χ3v) is 4.34. The van der Waals surface area contributed by atoms with Gasteiger partial charge in [0.25, 0.3) is 11.1 Å². The van der Waals surface area contributed by atoms with Gasteiger partial charge in [-0.05, 0) is 19.9 Å². The number of hydrogen-bond acceptors (Lipinski definition) is 6. The van der Waals surface area contributed by atoms with E-state index >= 15 is 0 Å². The third-order valence-electron chi connectivity index (χ3n) is 3.48. The Morgan fingerprint density at radius 1 is 1.39 bits per heavy atom. The van der Waals surface area contributed by atoms with Gasteiger partial charge >= 0.3 is 0 Å². The van der Waals surface area contributed by atoms with Crippen LogP contribution in [0.5, 0.6) is 0 Å². The Balaban J connectivity index is 1.69. The lowest BCUT2D eigenvalue weighted by Crippen LogP contribution is -2.37. The van der Waals surface area contributed by atoms with Gasteiger partial charge in [-0.25, -0.2) is 9.50 Å². The van der Waals surface area contributed by atoms with E-state index in [1.165, 1.54) is 6.20 Å². The maximum Gasteiger partial charge on any atom is 0.288 e. The molecule has 0 aromatic carbocycles. The fourth-order valence-corrected chi connectivity index (χ4v) is 3.16. The van der Waals surface area contributed by atoms with Gasteiger partial charge in [-0.2, -0.15) is 5.10 Å². The van der Waals surface area contributed by atoms with Crippen molar-refractivity contribution in [3.05, 3.63) is 29.2 Å². The van der Waals surface area contributed by atoms with Crippen LogP contribution >= 0.6 is 11.8 Å². The molecule has 0 bridgehead atoms. The highest BCUT2D eigenvalue weighted by molar-refractivity contribution is 8.14. The van der Waals surface area contributed by atoms with Crippen molar-refractivity contribution < 1.29 is 14.4 Å². The molecule has 0 atom stereocenters. The SMILES string of the molecule is Cc1cc(C)n2ncc(C(=O)NCCN3C(=O)CSC3=O)c2n1. The number of carbonyl (C=O) groups is 3. The molecule has 0 saturated carbocycles. The van der Waals surface area contributed by atoms with Crippen molar-refractivity contribution in [2.45, 2.75) is 13.8 Å². The number of amides is 3. The summed E-state index contributed by atoms with van der Waals surface area (Å²) in [5.74, 6) is -0.383. The van der Waals surface area contributed by atoms with E-state index in [0.29, 0.717) is 11.2 Å². The minimum atomic E-state index is -0.329. The molecule has 1 fully saturated rings. The number of aryl methyl sites for hydroxylation is 2. The Labute approximate surface area is 136 Å². The fraction of sp³-hybridized carbons (Fsp3) is 0.357. The second-order valence-corrected chi connectivity index (χ2v) is 6.12. The molecule has 8 nitrogen and oxygen atoms in total. The van der Waals surface area contributed by atoms with Gasteiger partial charge in [0.05, 0.1) is 11.9 Å². The van der Waals surface area contributed by atoms with Crippen LogP contribution in [0.4, 0.5) is 4.79 Å². The lowest BCUT2D eigenvalue weighted by atomic mass is 10.3. The summed E-state index contributed by atoms with van der Waals surface area (Å²) in [5, 5.41) is 6.59. The van der Waals surface area contributed by atoms with Crippen molar-refractivity contribution in [2.24, 2.45) is 0 Å². The molecule has 0 unspecified atom stereocenters. The first-order valence-corrected chi connectivity index (χ1v) is 8.03. The van der Waals surface area contributed by atoms with Gasteiger partial charge in [0, 0.05) is 24.5 Å². The quantitative estimate of drug-likeness (QED) is 0.888. The molecule has 120 valence electrons. The van der Waals surface area contributed by atoms with Crippen LogP contribution < -0.4 is 5.32 Å². The van der Waals surface area contributed by atoms with E-state index in [4.69, 9.17) is 0 Å². The average Bonchev–Trinajstić information content (AvgIpc) is 3.05. The normalized spacial score (nSPS) is 14.8. The first-order valence-electron chi connectivity index (χ1n) is 7.04. The number of imide groups is 1. The van der Waals surface area contributed by atoms with Crippen LogP contribution in [0.3, 0.4) is 0 Å². The Morgan fingerprint density at radius 3 is 2.87 bits per heavy atom. The second kappa shape index (κ2) is 5.99. The van der Waals surface area contributed by atoms with Crippen LogP contribution in [-0.4, -0.2) is 55.4 Å². The monoisotopic (exact) mass is 333 g/mol. The van der Waals surface area contributed by atoms with E-state index in [1.807, 2.05) is 19.9 Å². The molecular formula is C14H15N5O3S. The number of carbonyl (C=O) groups excluding carboxylic acids is 3. The van der Waals surface area contributed by atoms with Gasteiger partial charge in [0.1, 0.15) is 5.56 Å². The summed E-state index contributed by atoms with van der Waals surface area (Å²) >= 11 is 0.977. The molecule has 2 aromatic rings. The Morgan fingerprint density at radius 2 is 2.17 bits per heavy atom. The molecular weight excluding hydrogens is 318 g/mol. The molecule has 0 aliphatic carbocycles. The number of hydrogen-bond donors (Lipinski definition) is 1. The highest BCUT2D eigenvalue weighted by Crippen LogP contribution is 2.17. The fourth-order valence-electron chi connectivity index (χ4n) is 2.40. The lowest BCUT2D eigenvalue weighted by Gasteiger charge is -2.12. The van der Waals surface area contributed by atoms with Crippen molar-refractivity contribution in [2.75, 3.05) is 18.8 Å². The molecule has 2 aromatic heterocycles. The molecule has 3 rings (SSSR count). The van der Waals surface area contributed by atoms with Crippen LogP contribution in [0.1, 0.15) is 21.7 Å². The van der Waals surface area contributed by atoms with Crippen molar-refractivity contribution >= 4 is 34.5 Å². The van der Waals surface area contributed by atoms with E-state index < -0.39 is 0 Å². The number of rotatable bonds is 4. The van der Waals surface area contributed by atoms with Crippen LogP contribution in [0.25, 0.3) is 5.65 Å². The number of aromatic nitrogens is 3. The van der Waals surface area contributed by atoms with Crippen LogP contribution in [0, 0.1) is 13.8 Å². The minimum Gasteiger partial charge on any atom is -0.350 e. The van der Waals surface area contributed by atoms with E-state index in [0.717, 1.165) is 28.0 Å². The van der Waals surface area contributed by atoms with E-state index in [9.17, 15) is 14.4 Å². The smallest absolute Gasteiger partial charge is 0.288 e. The van der Waals surface area contributed by atoms with Crippen molar-refractivity contribution in [1.29, 1.82) is 0 Å². The average molecular weight is 333 g/mol. The first-order chi connectivity index (χ1) is 11.0. The molecule has 9 heteroatoms. The number of thioether (sulfide) groups is 1. The van der Waals surface area contributed by atoms with Gasteiger partial charge < -0.3 is 5.32 Å². The van der Waals surface area contributed by atoms with Gasteiger partial charge in [0.15, 0.2) is 5.65 Å². The first kappa shape index (κ1) is 15.5. The molecule has 3 heterocycles. The zero-order valence-corrected chi connectivity index (χ0v) is 13.5. The summed E-state index contributed by atoms with van der Waals surface area (Å²) < 4.78 is 1.60. The maximum absolute atomic E-state index is 12.3. The second-order valence-electron chi connectivity index (χ2n) is 5.19. The summed E-state index contributed by atoms with van der Waals surface area (Å²) in [6.07, 6.45) is 1.46. The van der Waals surface area contributed by atoms with E-state index in [-0.39, 0.29) is 35.9 Å². The number of fused-ring (bicyclic) bond motifs is 1. The molecule has 23 heavy (non-hydrogen) atoms. The summed E-state index contributed by atoms with van der Waals surface area (Å²) in [7, 11) is 0. The zero-order valence-electron chi connectivity index (χ0n) is 12.7. The standard InChI is InChI=1S/C14H15N5O3S/c1-8-5-9(2)19-12(17-8)10(6-16-19)13(21)15-3-4-18-11(20)7-23-14(18)22/h5-6H,3-4,7H2,1-2H3,(H,15,21).